The highest BCUT2D eigenvalue weighted by atomic mass is 35.5. The standard InChI is InChI=1S/C34H42ClFN8O2/c1-19(37)5-4-6-22-13-28(32(36)29(35)14-22)30-15-24-18-44(34(45)43-33(24)42-30)26-9-7-23(8-10-26)31-17-25(41-21(3)39)16-27(46-31)11-12-40-20(2)38/h7-10,13-15,18-19,25,27,31H,4-6,11-12,16-17,37H2,1-3H3,(H2,38,40)(H2,39,41)(H,42,43,45)/t19-,25?,27-,31+/m0/s1. The fourth-order valence-electron chi connectivity index (χ4n) is 6.05. The van der Waals surface area contributed by atoms with E-state index < -0.39 is 11.5 Å². The molecule has 244 valence electrons. The molecule has 1 aliphatic heterocycles. The van der Waals surface area contributed by atoms with Gasteiger partial charge in [0, 0.05) is 35.8 Å². The van der Waals surface area contributed by atoms with Gasteiger partial charge in [0.05, 0.1) is 40.3 Å². The van der Waals surface area contributed by atoms with Crippen molar-refractivity contribution < 1.29 is 9.13 Å². The van der Waals surface area contributed by atoms with Gasteiger partial charge in [-0.25, -0.2) is 9.18 Å². The SMILES string of the molecule is CC(=N)NCC[C@H]1CC(NC(C)=N)C[C@H](c2ccc(-n3cc4cc(-c5cc(CCC[C@H](C)N)cc(Cl)c5F)[nH]c4nc3=O)cc2)O1. The third-order valence-corrected chi connectivity index (χ3v) is 8.51. The van der Waals surface area contributed by atoms with Crippen molar-refractivity contribution in [1.82, 2.24) is 25.2 Å². The first-order valence-electron chi connectivity index (χ1n) is 15.7. The van der Waals surface area contributed by atoms with Gasteiger partial charge >= 0.3 is 5.69 Å². The van der Waals surface area contributed by atoms with Crippen LogP contribution in [0.2, 0.25) is 5.02 Å². The molecule has 4 aromatic rings. The second kappa shape index (κ2) is 14.6. The largest absolute Gasteiger partial charge is 0.374 e. The lowest BCUT2D eigenvalue weighted by Crippen LogP contribution is -2.42. The van der Waals surface area contributed by atoms with E-state index in [4.69, 9.17) is 32.9 Å². The Labute approximate surface area is 272 Å². The average molecular weight is 649 g/mol. The number of amidine groups is 2. The summed E-state index contributed by atoms with van der Waals surface area (Å²) in [5.41, 5.74) is 9.11. The molecule has 46 heavy (non-hydrogen) atoms. The Hall–Kier alpha value is -4.06. The van der Waals surface area contributed by atoms with Crippen LogP contribution in [0, 0.1) is 16.6 Å². The maximum atomic E-state index is 15.2. The summed E-state index contributed by atoms with van der Waals surface area (Å²) in [6, 6.07) is 13.0. The van der Waals surface area contributed by atoms with Crippen molar-refractivity contribution in [1.29, 1.82) is 10.8 Å². The van der Waals surface area contributed by atoms with E-state index in [9.17, 15) is 4.79 Å². The molecular formula is C34H42ClFN8O2. The maximum absolute atomic E-state index is 15.2. The number of halogens is 2. The molecule has 3 heterocycles. The average Bonchev–Trinajstić information content (AvgIpc) is 3.40. The van der Waals surface area contributed by atoms with E-state index in [1.54, 1.807) is 38.2 Å². The molecule has 2 aromatic heterocycles. The first-order chi connectivity index (χ1) is 22.0. The highest BCUT2D eigenvalue weighted by Gasteiger charge is 2.30. The molecule has 4 atom stereocenters. The van der Waals surface area contributed by atoms with E-state index in [1.165, 1.54) is 4.57 Å². The van der Waals surface area contributed by atoms with Gasteiger partial charge in [-0.1, -0.05) is 23.7 Å². The van der Waals surface area contributed by atoms with Gasteiger partial charge < -0.3 is 26.1 Å². The number of benzene rings is 2. The number of nitrogens with zero attached hydrogens (tertiary/aromatic N) is 2. The Morgan fingerprint density at radius 1 is 1.20 bits per heavy atom. The quantitative estimate of drug-likeness (QED) is 0.0865. The van der Waals surface area contributed by atoms with Gasteiger partial charge in [0.25, 0.3) is 0 Å². The number of fused-ring (bicyclic) bond motifs is 1. The Kier molecular flexibility index (Phi) is 10.6. The van der Waals surface area contributed by atoms with Crippen LogP contribution >= 0.6 is 11.6 Å². The Balaban J connectivity index is 1.37. The molecule has 1 fully saturated rings. The van der Waals surface area contributed by atoms with Crippen LogP contribution in [-0.4, -0.2) is 50.9 Å². The van der Waals surface area contributed by atoms with Gasteiger partial charge in [0.2, 0.25) is 0 Å². The van der Waals surface area contributed by atoms with Crippen molar-refractivity contribution >= 4 is 34.3 Å². The van der Waals surface area contributed by atoms with Crippen molar-refractivity contribution in [3.63, 3.8) is 0 Å². The highest BCUT2D eigenvalue weighted by molar-refractivity contribution is 6.31. The van der Waals surface area contributed by atoms with Crippen LogP contribution in [0.4, 0.5) is 4.39 Å². The van der Waals surface area contributed by atoms with E-state index in [2.05, 4.69) is 20.6 Å². The molecule has 0 bridgehead atoms. The number of hydrogen-bond donors (Lipinski definition) is 6. The summed E-state index contributed by atoms with van der Waals surface area (Å²) in [7, 11) is 0. The maximum Gasteiger partial charge on any atom is 0.354 e. The summed E-state index contributed by atoms with van der Waals surface area (Å²) in [5.74, 6) is 0.303. The Morgan fingerprint density at radius 3 is 2.65 bits per heavy atom. The zero-order valence-electron chi connectivity index (χ0n) is 26.4. The number of H-pyrrole nitrogens is 1. The summed E-state index contributed by atoms with van der Waals surface area (Å²) in [6.07, 6.45) is 6.14. The third-order valence-electron chi connectivity index (χ3n) is 8.23. The van der Waals surface area contributed by atoms with E-state index >= 15 is 4.39 Å². The molecule has 1 aliphatic rings. The summed E-state index contributed by atoms with van der Waals surface area (Å²) in [4.78, 5) is 20.5. The normalized spacial score (nSPS) is 18.8. The fraction of sp³-hybridized carbons (Fsp3) is 0.412. The minimum absolute atomic E-state index is 0.0332. The van der Waals surface area contributed by atoms with Gasteiger partial charge in [-0.15, -0.1) is 0 Å². The van der Waals surface area contributed by atoms with E-state index in [1.807, 2.05) is 31.2 Å². The Morgan fingerprint density at radius 2 is 1.96 bits per heavy atom. The molecule has 1 saturated heterocycles. The molecule has 5 rings (SSSR count). The molecule has 0 aliphatic carbocycles. The second-order valence-corrected chi connectivity index (χ2v) is 12.7. The first kappa shape index (κ1) is 33.3. The molecule has 0 saturated carbocycles. The lowest BCUT2D eigenvalue weighted by atomic mass is 9.92. The fourth-order valence-corrected chi connectivity index (χ4v) is 6.29. The Bertz CT molecular complexity index is 1770. The van der Waals surface area contributed by atoms with Crippen LogP contribution in [0.5, 0.6) is 0 Å². The molecule has 1 unspecified atom stereocenters. The summed E-state index contributed by atoms with van der Waals surface area (Å²) >= 11 is 6.26. The molecule has 7 N–H and O–H groups in total. The summed E-state index contributed by atoms with van der Waals surface area (Å²) in [6.45, 7) is 6.05. The number of aryl methyl sites for hydroxylation is 1. The van der Waals surface area contributed by atoms with E-state index in [0.717, 1.165) is 43.2 Å². The molecule has 0 radical (unpaired) electrons. The lowest BCUT2D eigenvalue weighted by Gasteiger charge is -2.36. The van der Waals surface area contributed by atoms with Crippen LogP contribution in [0.15, 0.2) is 53.5 Å². The number of nitrogens with two attached hydrogens (primary N) is 1. The predicted molar refractivity (Wildman–Crippen MR) is 182 cm³/mol. The molecular weight excluding hydrogens is 607 g/mol. The van der Waals surface area contributed by atoms with E-state index in [0.29, 0.717) is 52.6 Å². The molecule has 0 amide bonds. The van der Waals surface area contributed by atoms with Crippen molar-refractivity contribution in [3.05, 3.63) is 81.1 Å². The number of hydrogen-bond acceptors (Lipinski definition) is 6. The second-order valence-electron chi connectivity index (χ2n) is 12.3. The van der Waals surface area contributed by atoms with Gasteiger partial charge in [-0.3, -0.25) is 15.4 Å². The molecule has 12 heteroatoms. The molecule has 0 spiro atoms. The van der Waals surface area contributed by atoms with Crippen molar-refractivity contribution in [2.45, 2.75) is 83.6 Å². The van der Waals surface area contributed by atoms with Crippen LogP contribution in [0.25, 0.3) is 28.0 Å². The zero-order chi connectivity index (χ0) is 33.0. The van der Waals surface area contributed by atoms with Gasteiger partial charge in [0.15, 0.2) is 5.82 Å². The topological polar surface area (TPSA) is 158 Å². The number of ether oxygens (including phenoxy) is 1. The minimum atomic E-state index is -0.531. The molecule has 10 nitrogen and oxygen atoms in total. The third kappa shape index (κ3) is 8.20. The first-order valence-corrected chi connectivity index (χ1v) is 16.1. The summed E-state index contributed by atoms with van der Waals surface area (Å²) in [5, 5.41) is 22.5. The number of nitrogens with one attached hydrogen (secondary N) is 5. The molecule has 2 aromatic carbocycles. The van der Waals surface area contributed by atoms with Crippen LogP contribution in [0.1, 0.15) is 70.1 Å². The predicted octanol–water partition coefficient (Wildman–Crippen LogP) is 6.00. The van der Waals surface area contributed by atoms with Crippen LogP contribution in [0.3, 0.4) is 0 Å². The number of rotatable bonds is 11. The van der Waals surface area contributed by atoms with Crippen LogP contribution < -0.4 is 22.1 Å². The monoisotopic (exact) mass is 648 g/mol. The van der Waals surface area contributed by atoms with Crippen molar-refractivity contribution in [2.24, 2.45) is 5.73 Å². The minimum Gasteiger partial charge on any atom is -0.374 e. The number of aromatic nitrogens is 3. The van der Waals surface area contributed by atoms with Crippen LogP contribution in [-0.2, 0) is 11.2 Å². The van der Waals surface area contributed by atoms with Crippen molar-refractivity contribution in [2.75, 3.05) is 6.54 Å². The number of aromatic amines is 1. The smallest absolute Gasteiger partial charge is 0.354 e. The van der Waals surface area contributed by atoms with Gasteiger partial charge in [-0.2, -0.15) is 4.98 Å². The van der Waals surface area contributed by atoms with E-state index in [-0.39, 0.29) is 29.3 Å². The van der Waals surface area contributed by atoms with Gasteiger partial charge in [0.1, 0.15) is 5.65 Å². The highest BCUT2D eigenvalue weighted by Crippen LogP contribution is 2.34. The lowest BCUT2D eigenvalue weighted by molar-refractivity contribution is -0.0635. The summed E-state index contributed by atoms with van der Waals surface area (Å²) < 4.78 is 23.1. The zero-order valence-corrected chi connectivity index (χ0v) is 27.2. The van der Waals surface area contributed by atoms with Crippen molar-refractivity contribution in [3.8, 4) is 16.9 Å². The van der Waals surface area contributed by atoms with Gasteiger partial charge in [-0.05, 0) is 101 Å².